The number of halogens is 2. The molecule has 0 unspecified atom stereocenters. The average molecular weight is 433 g/mol. The van der Waals surface area contributed by atoms with Crippen molar-refractivity contribution in [2.75, 3.05) is 6.54 Å². The fourth-order valence-corrected chi connectivity index (χ4v) is 2.87. The lowest BCUT2D eigenvalue weighted by Gasteiger charge is -2.09. The van der Waals surface area contributed by atoms with E-state index in [1.54, 1.807) is 30.3 Å². The molecule has 29 heavy (non-hydrogen) atoms. The summed E-state index contributed by atoms with van der Waals surface area (Å²) in [5.41, 5.74) is 0.796. The maximum absolute atomic E-state index is 12.2. The molecule has 0 aliphatic heterocycles. The molecule has 0 bridgehead atoms. The summed E-state index contributed by atoms with van der Waals surface area (Å²) in [7, 11) is 0. The minimum atomic E-state index is -0.662. The molecule has 1 aromatic heterocycles. The molecular formula is C19H14Cl2N4O4. The lowest BCUT2D eigenvalue weighted by Crippen LogP contribution is -2.32. The molecule has 0 saturated carbocycles. The van der Waals surface area contributed by atoms with Crippen LogP contribution in [0.1, 0.15) is 10.4 Å². The van der Waals surface area contributed by atoms with Crippen LogP contribution in [0.4, 0.5) is 5.69 Å². The standard InChI is InChI=1S/C19H14Cl2N4O4/c20-14-4-1-12(2-5-14)16-7-8-18(26)24(23-16)10-9-22-19(27)13-3-6-15(21)17(11-13)25(28)29/h1-8,11H,9-10H2,(H,22,27). The van der Waals surface area contributed by atoms with Gasteiger partial charge in [-0.25, -0.2) is 4.68 Å². The van der Waals surface area contributed by atoms with Crippen molar-refractivity contribution < 1.29 is 9.72 Å². The number of nitrogens with one attached hydrogen (secondary N) is 1. The summed E-state index contributed by atoms with van der Waals surface area (Å²) >= 11 is 11.6. The lowest BCUT2D eigenvalue weighted by molar-refractivity contribution is -0.384. The quantitative estimate of drug-likeness (QED) is 0.473. The van der Waals surface area contributed by atoms with Crippen LogP contribution >= 0.6 is 23.2 Å². The third kappa shape index (κ3) is 4.98. The molecule has 0 aliphatic carbocycles. The Morgan fingerprint density at radius 1 is 1.10 bits per heavy atom. The summed E-state index contributed by atoms with van der Waals surface area (Å²) in [5.74, 6) is -0.522. The number of nitrogens with zero attached hydrogens (tertiary/aromatic N) is 3. The molecule has 0 spiro atoms. The molecule has 2 aromatic carbocycles. The molecule has 10 heteroatoms. The molecule has 0 aliphatic rings. The third-order valence-corrected chi connectivity index (χ3v) is 4.59. The van der Waals surface area contributed by atoms with Crippen LogP contribution in [0.25, 0.3) is 11.3 Å². The van der Waals surface area contributed by atoms with E-state index in [0.29, 0.717) is 10.7 Å². The van der Waals surface area contributed by atoms with Gasteiger partial charge >= 0.3 is 0 Å². The summed E-state index contributed by atoms with van der Waals surface area (Å²) in [4.78, 5) is 34.5. The number of amides is 1. The second kappa shape index (κ2) is 8.85. The molecule has 0 atom stereocenters. The maximum Gasteiger partial charge on any atom is 0.288 e. The highest BCUT2D eigenvalue weighted by atomic mass is 35.5. The number of benzene rings is 2. The van der Waals surface area contributed by atoms with Gasteiger partial charge in [-0.3, -0.25) is 19.7 Å². The Morgan fingerprint density at radius 2 is 1.83 bits per heavy atom. The molecule has 1 N–H and O–H groups in total. The second-order valence-electron chi connectivity index (χ2n) is 5.97. The highest BCUT2D eigenvalue weighted by Crippen LogP contribution is 2.25. The highest BCUT2D eigenvalue weighted by Gasteiger charge is 2.16. The Hall–Kier alpha value is -3.23. The normalized spacial score (nSPS) is 10.6. The van der Waals surface area contributed by atoms with Crippen LogP contribution < -0.4 is 10.9 Å². The number of hydrogen-bond acceptors (Lipinski definition) is 5. The number of carbonyl (C=O) groups excluding carboxylic acids is 1. The fraction of sp³-hybridized carbons (Fsp3) is 0.105. The summed E-state index contributed by atoms with van der Waals surface area (Å²) in [5, 5.41) is 18.4. The van der Waals surface area contributed by atoms with E-state index in [0.717, 1.165) is 11.6 Å². The molecular weight excluding hydrogens is 419 g/mol. The van der Waals surface area contributed by atoms with Crippen molar-refractivity contribution in [1.82, 2.24) is 15.1 Å². The van der Waals surface area contributed by atoms with Gasteiger partial charge in [0, 0.05) is 34.8 Å². The summed E-state index contributed by atoms with van der Waals surface area (Å²) in [6, 6.07) is 13.8. The number of rotatable bonds is 6. The van der Waals surface area contributed by atoms with Crippen molar-refractivity contribution >= 4 is 34.8 Å². The third-order valence-electron chi connectivity index (χ3n) is 4.02. The first-order chi connectivity index (χ1) is 13.8. The van der Waals surface area contributed by atoms with Gasteiger partial charge < -0.3 is 5.32 Å². The molecule has 0 fully saturated rings. The smallest absolute Gasteiger partial charge is 0.288 e. The van der Waals surface area contributed by atoms with Crippen molar-refractivity contribution in [2.24, 2.45) is 0 Å². The topological polar surface area (TPSA) is 107 Å². The van der Waals surface area contributed by atoms with Gasteiger partial charge in [0.05, 0.1) is 17.2 Å². The van der Waals surface area contributed by atoms with E-state index in [9.17, 15) is 19.7 Å². The van der Waals surface area contributed by atoms with Gasteiger partial charge in [-0.2, -0.15) is 5.10 Å². The van der Waals surface area contributed by atoms with Crippen molar-refractivity contribution in [1.29, 1.82) is 0 Å². The van der Waals surface area contributed by atoms with Gasteiger partial charge in [-0.1, -0.05) is 35.3 Å². The van der Waals surface area contributed by atoms with Crippen LogP contribution in [0, 0.1) is 10.1 Å². The van der Waals surface area contributed by atoms with E-state index in [-0.39, 0.29) is 34.9 Å². The Balaban J connectivity index is 1.69. The lowest BCUT2D eigenvalue weighted by atomic mass is 10.1. The first kappa shape index (κ1) is 20.5. The highest BCUT2D eigenvalue weighted by molar-refractivity contribution is 6.32. The molecule has 3 rings (SSSR count). The first-order valence-electron chi connectivity index (χ1n) is 8.41. The SMILES string of the molecule is O=C(NCCn1nc(-c2ccc(Cl)cc2)ccc1=O)c1ccc(Cl)c([N+](=O)[O-])c1. The van der Waals surface area contributed by atoms with Crippen LogP contribution in [-0.2, 0) is 6.54 Å². The Kier molecular flexibility index (Phi) is 6.26. The summed E-state index contributed by atoms with van der Waals surface area (Å²) in [6.07, 6.45) is 0. The molecule has 3 aromatic rings. The number of aromatic nitrogens is 2. The van der Waals surface area contributed by atoms with Crippen molar-refractivity contribution in [3.63, 3.8) is 0 Å². The molecule has 8 nitrogen and oxygen atoms in total. The second-order valence-corrected chi connectivity index (χ2v) is 6.81. The van der Waals surface area contributed by atoms with E-state index in [4.69, 9.17) is 23.2 Å². The van der Waals surface area contributed by atoms with Crippen molar-refractivity contribution in [3.05, 3.63) is 90.7 Å². The number of nitro benzene ring substituents is 1. The summed E-state index contributed by atoms with van der Waals surface area (Å²) in [6.45, 7) is 0.230. The predicted molar refractivity (Wildman–Crippen MR) is 109 cm³/mol. The zero-order valence-electron chi connectivity index (χ0n) is 14.8. The zero-order chi connectivity index (χ0) is 21.0. The fourth-order valence-electron chi connectivity index (χ4n) is 2.55. The summed E-state index contributed by atoms with van der Waals surface area (Å²) < 4.78 is 1.23. The molecule has 1 amide bonds. The molecule has 0 radical (unpaired) electrons. The Morgan fingerprint density at radius 3 is 2.52 bits per heavy atom. The number of carbonyl (C=O) groups is 1. The van der Waals surface area contributed by atoms with Crippen molar-refractivity contribution in [2.45, 2.75) is 6.54 Å². The van der Waals surface area contributed by atoms with E-state index >= 15 is 0 Å². The molecule has 1 heterocycles. The van der Waals surface area contributed by atoms with Gasteiger partial charge in [-0.05, 0) is 30.3 Å². The van der Waals surface area contributed by atoms with E-state index in [1.165, 1.54) is 22.9 Å². The van der Waals surface area contributed by atoms with E-state index in [2.05, 4.69) is 10.4 Å². The van der Waals surface area contributed by atoms with E-state index in [1.807, 2.05) is 0 Å². The molecule has 148 valence electrons. The Bertz CT molecular complexity index is 1130. The van der Waals surface area contributed by atoms with Gasteiger partial charge in [0.1, 0.15) is 5.02 Å². The van der Waals surface area contributed by atoms with Crippen LogP contribution in [-0.4, -0.2) is 27.2 Å². The first-order valence-corrected chi connectivity index (χ1v) is 9.17. The van der Waals surface area contributed by atoms with Crippen LogP contribution in [0.15, 0.2) is 59.4 Å². The Labute approximate surface area is 174 Å². The van der Waals surface area contributed by atoms with Crippen molar-refractivity contribution in [3.8, 4) is 11.3 Å². The minimum absolute atomic E-state index is 0.0543. The van der Waals surface area contributed by atoms with Gasteiger partial charge in [0.2, 0.25) is 0 Å². The van der Waals surface area contributed by atoms with Gasteiger partial charge in [-0.15, -0.1) is 0 Å². The van der Waals surface area contributed by atoms with Crippen LogP contribution in [0.2, 0.25) is 10.0 Å². The molecule has 0 saturated heterocycles. The van der Waals surface area contributed by atoms with Crippen LogP contribution in [0.5, 0.6) is 0 Å². The predicted octanol–water partition coefficient (Wildman–Crippen LogP) is 3.56. The minimum Gasteiger partial charge on any atom is -0.350 e. The van der Waals surface area contributed by atoms with Gasteiger partial charge in [0.25, 0.3) is 17.2 Å². The number of nitro groups is 1. The zero-order valence-corrected chi connectivity index (χ0v) is 16.4. The monoisotopic (exact) mass is 432 g/mol. The van der Waals surface area contributed by atoms with Crippen LogP contribution in [0.3, 0.4) is 0 Å². The average Bonchev–Trinajstić information content (AvgIpc) is 2.70. The van der Waals surface area contributed by atoms with Gasteiger partial charge in [0.15, 0.2) is 0 Å². The maximum atomic E-state index is 12.2. The number of hydrogen-bond donors (Lipinski definition) is 1. The van der Waals surface area contributed by atoms with E-state index < -0.39 is 10.8 Å². The largest absolute Gasteiger partial charge is 0.350 e.